The number of carbonyl (C=O) groups excluding carboxylic acids is 2. The first kappa shape index (κ1) is 20.0. The number of urea groups is 1. The van der Waals surface area contributed by atoms with E-state index in [2.05, 4.69) is 38.4 Å². The van der Waals surface area contributed by atoms with Crippen molar-refractivity contribution in [3.8, 4) is 0 Å². The fourth-order valence-corrected chi connectivity index (χ4v) is 5.51. The minimum absolute atomic E-state index is 0.0251. The van der Waals surface area contributed by atoms with E-state index in [4.69, 9.17) is 0 Å². The third-order valence-electron chi connectivity index (χ3n) is 6.17. The van der Waals surface area contributed by atoms with E-state index in [1.54, 1.807) is 6.20 Å². The van der Waals surface area contributed by atoms with Crippen molar-refractivity contribution in [1.82, 2.24) is 25.0 Å². The molecule has 0 radical (unpaired) electrons. The van der Waals surface area contributed by atoms with E-state index < -0.39 is 0 Å². The summed E-state index contributed by atoms with van der Waals surface area (Å²) in [6.07, 6.45) is 3.52. The third kappa shape index (κ3) is 3.98. The van der Waals surface area contributed by atoms with E-state index >= 15 is 0 Å². The summed E-state index contributed by atoms with van der Waals surface area (Å²) in [6, 6.07) is 7.04. The molecule has 4 heterocycles. The SMILES string of the molecule is O=C(c1nccs1)N1CC[C@H](NC2CN(C(=O)N3CCc4cc(Br)ccc4C3)C2)C1. The largest absolute Gasteiger partial charge is 0.335 e. The van der Waals surface area contributed by atoms with Gasteiger partial charge in [-0.2, -0.15) is 0 Å². The van der Waals surface area contributed by atoms with Crippen LogP contribution in [-0.2, 0) is 13.0 Å². The summed E-state index contributed by atoms with van der Waals surface area (Å²) in [5, 5.41) is 6.02. The number of likely N-dealkylation sites (tertiary alicyclic amines) is 2. The Hall–Kier alpha value is -1.97. The van der Waals surface area contributed by atoms with Crippen LogP contribution in [0.5, 0.6) is 0 Å². The normalized spacial score (nSPS) is 21.5. The molecule has 0 bridgehead atoms. The summed E-state index contributed by atoms with van der Waals surface area (Å²) in [5.41, 5.74) is 2.57. The molecule has 0 aliphatic carbocycles. The van der Waals surface area contributed by atoms with Gasteiger partial charge in [-0.25, -0.2) is 9.78 Å². The van der Waals surface area contributed by atoms with Gasteiger partial charge in [-0.05, 0) is 36.1 Å². The Labute approximate surface area is 188 Å². The number of hydrogen-bond acceptors (Lipinski definition) is 5. The second-order valence-corrected chi connectivity index (χ2v) is 10.0. The molecule has 3 amide bonds. The number of nitrogens with zero attached hydrogens (tertiary/aromatic N) is 4. The predicted octanol–water partition coefficient (Wildman–Crippen LogP) is 2.57. The van der Waals surface area contributed by atoms with E-state index in [0.717, 1.165) is 43.5 Å². The van der Waals surface area contributed by atoms with Crippen molar-refractivity contribution in [1.29, 1.82) is 0 Å². The van der Waals surface area contributed by atoms with Crippen molar-refractivity contribution < 1.29 is 9.59 Å². The Kier molecular flexibility index (Phi) is 5.51. The Bertz CT molecular complexity index is 947. The second-order valence-electron chi connectivity index (χ2n) is 8.21. The number of halogens is 1. The monoisotopic (exact) mass is 489 g/mol. The summed E-state index contributed by atoms with van der Waals surface area (Å²) in [6.45, 7) is 4.40. The molecule has 30 heavy (non-hydrogen) atoms. The highest BCUT2D eigenvalue weighted by Crippen LogP contribution is 2.25. The van der Waals surface area contributed by atoms with Crippen molar-refractivity contribution in [3.05, 3.63) is 50.4 Å². The van der Waals surface area contributed by atoms with Crippen LogP contribution in [0.3, 0.4) is 0 Å². The molecule has 1 aromatic carbocycles. The number of carbonyl (C=O) groups is 2. The molecule has 2 aromatic rings. The average molecular weight is 490 g/mol. The van der Waals surface area contributed by atoms with Gasteiger partial charge in [0.1, 0.15) is 0 Å². The zero-order chi connectivity index (χ0) is 20.7. The lowest BCUT2D eigenvalue weighted by atomic mass is 10.00. The molecular formula is C21H24BrN5O2S. The lowest BCUT2D eigenvalue weighted by Gasteiger charge is -2.44. The zero-order valence-electron chi connectivity index (χ0n) is 16.6. The Morgan fingerprint density at radius 3 is 2.70 bits per heavy atom. The fourth-order valence-electron chi connectivity index (χ4n) is 4.50. The van der Waals surface area contributed by atoms with E-state index in [9.17, 15) is 9.59 Å². The molecule has 1 N–H and O–H groups in total. The van der Waals surface area contributed by atoms with Crippen LogP contribution in [0.25, 0.3) is 0 Å². The van der Waals surface area contributed by atoms with Gasteiger partial charge in [0.15, 0.2) is 5.01 Å². The number of benzene rings is 1. The van der Waals surface area contributed by atoms with Crippen LogP contribution in [0.4, 0.5) is 4.79 Å². The molecule has 0 saturated carbocycles. The Morgan fingerprint density at radius 2 is 1.90 bits per heavy atom. The van der Waals surface area contributed by atoms with Gasteiger partial charge in [0, 0.05) is 67.4 Å². The van der Waals surface area contributed by atoms with Gasteiger partial charge in [0.2, 0.25) is 0 Å². The van der Waals surface area contributed by atoms with Crippen LogP contribution in [0.2, 0.25) is 0 Å². The van der Waals surface area contributed by atoms with Crippen LogP contribution in [-0.4, -0.2) is 76.4 Å². The topological polar surface area (TPSA) is 68.8 Å². The maximum absolute atomic E-state index is 12.9. The smallest absolute Gasteiger partial charge is 0.320 e. The van der Waals surface area contributed by atoms with E-state index in [1.165, 1.54) is 22.5 Å². The highest BCUT2D eigenvalue weighted by Gasteiger charge is 2.37. The van der Waals surface area contributed by atoms with Crippen molar-refractivity contribution >= 4 is 39.2 Å². The Morgan fingerprint density at radius 1 is 1.07 bits per heavy atom. The maximum atomic E-state index is 12.9. The molecular weight excluding hydrogens is 466 g/mol. The van der Waals surface area contributed by atoms with Gasteiger partial charge in [-0.15, -0.1) is 11.3 Å². The van der Waals surface area contributed by atoms with Gasteiger partial charge in [-0.1, -0.05) is 22.0 Å². The van der Waals surface area contributed by atoms with Gasteiger partial charge in [-0.3, -0.25) is 4.79 Å². The molecule has 9 heteroatoms. The molecule has 158 valence electrons. The predicted molar refractivity (Wildman–Crippen MR) is 119 cm³/mol. The molecule has 0 unspecified atom stereocenters. The first-order valence-electron chi connectivity index (χ1n) is 10.3. The van der Waals surface area contributed by atoms with Gasteiger partial charge >= 0.3 is 6.03 Å². The molecule has 3 aliphatic heterocycles. The lowest BCUT2D eigenvalue weighted by molar-refractivity contribution is 0.0781. The molecule has 3 aliphatic rings. The first-order chi connectivity index (χ1) is 14.6. The van der Waals surface area contributed by atoms with Gasteiger partial charge < -0.3 is 20.0 Å². The number of aromatic nitrogens is 1. The highest BCUT2D eigenvalue weighted by molar-refractivity contribution is 9.10. The van der Waals surface area contributed by atoms with E-state index in [0.29, 0.717) is 24.1 Å². The number of hydrogen-bond donors (Lipinski definition) is 1. The fraction of sp³-hybridized carbons (Fsp3) is 0.476. The Balaban J connectivity index is 1.08. The van der Waals surface area contributed by atoms with Gasteiger partial charge in [0.25, 0.3) is 5.91 Å². The summed E-state index contributed by atoms with van der Waals surface area (Å²) in [4.78, 5) is 35.2. The maximum Gasteiger partial charge on any atom is 0.320 e. The molecule has 0 spiro atoms. The lowest BCUT2D eigenvalue weighted by Crippen LogP contribution is -2.64. The van der Waals surface area contributed by atoms with Crippen LogP contribution in [0.1, 0.15) is 27.3 Å². The summed E-state index contributed by atoms with van der Waals surface area (Å²) >= 11 is 4.91. The number of fused-ring (bicyclic) bond motifs is 1. The third-order valence-corrected chi connectivity index (χ3v) is 7.42. The minimum atomic E-state index is 0.0251. The molecule has 1 atom stereocenters. The molecule has 2 saturated heterocycles. The first-order valence-corrected chi connectivity index (χ1v) is 12.0. The molecule has 5 rings (SSSR count). The quantitative estimate of drug-likeness (QED) is 0.719. The average Bonchev–Trinajstić information content (AvgIpc) is 3.41. The molecule has 7 nitrogen and oxygen atoms in total. The van der Waals surface area contributed by atoms with E-state index in [-0.39, 0.29) is 18.0 Å². The summed E-state index contributed by atoms with van der Waals surface area (Å²) < 4.78 is 1.09. The summed E-state index contributed by atoms with van der Waals surface area (Å²) in [5.74, 6) is 0.0251. The number of nitrogens with one attached hydrogen (secondary N) is 1. The second kappa shape index (κ2) is 8.28. The van der Waals surface area contributed by atoms with Crippen molar-refractivity contribution in [2.75, 3.05) is 32.7 Å². The van der Waals surface area contributed by atoms with Crippen LogP contribution in [0, 0.1) is 0 Å². The number of rotatable bonds is 3. The van der Waals surface area contributed by atoms with Crippen molar-refractivity contribution in [2.45, 2.75) is 31.5 Å². The van der Waals surface area contributed by atoms with Crippen LogP contribution < -0.4 is 5.32 Å². The number of amides is 3. The summed E-state index contributed by atoms with van der Waals surface area (Å²) in [7, 11) is 0. The highest BCUT2D eigenvalue weighted by atomic mass is 79.9. The minimum Gasteiger partial charge on any atom is -0.335 e. The number of thiazole rings is 1. The van der Waals surface area contributed by atoms with Crippen LogP contribution >= 0.6 is 27.3 Å². The van der Waals surface area contributed by atoms with E-state index in [1.807, 2.05) is 26.1 Å². The van der Waals surface area contributed by atoms with Crippen molar-refractivity contribution in [2.24, 2.45) is 0 Å². The molecule has 2 fully saturated rings. The van der Waals surface area contributed by atoms with Gasteiger partial charge in [0.05, 0.1) is 0 Å². The zero-order valence-corrected chi connectivity index (χ0v) is 19.0. The standard InChI is InChI=1S/C21H24BrN5O2S/c22-16-2-1-15-10-26(6-3-14(15)9-16)21(29)27-12-18(13-27)24-17-4-7-25(11-17)20(28)19-23-5-8-30-19/h1-2,5,8-9,17-18,24H,3-4,6-7,10-13H2/t17-/m0/s1. The van der Waals surface area contributed by atoms with Crippen molar-refractivity contribution in [3.63, 3.8) is 0 Å². The van der Waals surface area contributed by atoms with Crippen LogP contribution in [0.15, 0.2) is 34.2 Å². The molecule has 1 aromatic heterocycles.